The monoisotopic (exact) mass is 1040 g/mol. The van der Waals surface area contributed by atoms with Gasteiger partial charge in [0.15, 0.2) is 0 Å². The van der Waals surface area contributed by atoms with E-state index in [1.165, 1.54) is 109 Å². The molecule has 0 aliphatic carbocycles. The van der Waals surface area contributed by atoms with Gasteiger partial charge in [-0.1, -0.05) is 235 Å². The number of allylic oxidation sites excluding steroid dienone is 13. The zero-order valence-electron chi connectivity index (χ0n) is 48.1. The van der Waals surface area contributed by atoms with Crippen LogP contribution in [0.5, 0.6) is 0 Å². The van der Waals surface area contributed by atoms with Crippen LogP contribution >= 0.6 is 7.82 Å². The standard InChI is InChI=1S/C63H113N2O7P/c1-7-10-13-16-19-22-25-28-29-30-31-32-33-34-35-38-41-44-47-50-53-56-63(67)72-61(54-51-48-45-42-39-36-26-23-20-17-14-11-8-2)60(59-71-73(68,69)70-58-57-65(4,5)6)64-62(66)55-52-49-46-43-40-37-27-24-21-18-15-12-9-3/h12,15,18-19,21-22,24,27-29,31-32,51,54,60-61H,7-11,13-14,16-17,20,23,25-26,30,33-50,52-53,55-59H2,1-6H3,(H-,64,66,68,69)/b15-12+,21-18+,22-19-,27-24-,29-28-,32-31-,54-51-. The van der Waals surface area contributed by atoms with E-state index in [9.17, 15) is 19.0 Å². The van der Waals surface area contributed by atoms with Crippen molar-refractivity contribution in [2.75, 3.05) is 40.9 Å². The first-order valence-electron chi connectivity index (χ1n) is 29.9. The lowest BCUT2D eigenvalue weighted by atomic mass is 10.0. The van der Waals surface area contributed by atoms with Crippen LogP contribution in [0.2, 0.25) is 0 Å². The molecule has 0 rings (SSSR count). The highest BCUT2D eigenvalue weighted by Crippen LogP contribution is 2.38. The summed E-state index contributed by atoms with van der Waals surface area (Å²) in [6.07, 6.45) is 68.3. The van der Waals surface area contributed by atoms with E-state index in [0.29, 0.717) is 17.4 Å². The Bertz CT molecular complexity index is 1530. The minimum atomic E-state index is -4.71. The summed E-state index contributed by atoms with van der Waals surface area (Å²) in [4.78, 5) is 39.9. The number of amides is 1. The second-order valence-electron chi connectivity index (χ2n) is 21.2. The van der Waals surface area contributed by atoms with Gasteiger partial charge in [-0.15, -0.1) is 0 Å². The average Bonchev–Trinajstić information content (AvgIpc) is 3.35. The summed E-state index contributed by atoms with van der Waals surface area (Å²) < 4.78 is 30.2. The number of carbonyl (C=O) groups is 2. The molecule has 0 saturated carbocycles. The maximum absolute atomic E-state index is 13.5. The molecule has 0 aliphatic rings. The van der Waals surface area contributed by atoms with Crippen LogP contribution in [-0.4, -0.2) is 69.4 Å². The highest BCUT2D eigenvalue weighted by molar-refractivity contribution is 7.45. The lowest BCUT2D eigenvalue weighted by Crippen LogP contribution is -2.47. The summed E-state index contributed by atoms with van der Waals surface area (Å²) in [6, 6.07) is -0.905. The number of carbonyl (C=O) groups excluding carboxylic acids is 2. The van der Waals surface area contributed by atoms with E-state index < -0.39 is 26.6 Å². The highest BCUT2D eigenvalue weighted by Gasteiger charge is 2.27. The van der Waals surface area contributed by atoms with E-state index in [2.05, 4.69) is 92.9 Å². The fourth-order valence-electron chi connectivity index (χ4n) is 8.23. The number of hydrogen-bond acceptors (Lipinski definition) is 7. The molecule has 0 aromatic heterocycles. The van der Waals surface area contributed by atoms with Gasteiger partial charge < -0.3 is 28.5 Å². The molecular weight excluding hydrogens is 928 g/mol. The van der Waals surface area contributed by atoms with Crippen molar-refractivity contribution in [3.8, 4) is 0 Å². The van der Waals surface area contributed by atoms with Crippen LogP contribution in [0, 0.1) is 0 Å². The second kappa shape index (κ2) is 52.6. The van der Waals surface area contributed by atoms with Crippen LogP contribution in [0.25, 0.3) is 0 Å². The van der Waals surface area contributed by atoms with Crippen LogP contribution in [0.1, 0.15) is 252 Å². The minimum Gasteiger partial charge on any atom is -0.756 e. The Morgan fingerprint density at radius 1 is 0.507 bits per heavy atom. The first-order valence-corrected chi connectivity index (χ1v) is 31.4. The maximum atomic E-state index is 13.5. The number of nitrogens with one attached hydrogen (secondary N) is 1. The van der Waals surface area contributed by atoms with Crippen molar-refractivity contribution in [2.24, 2.45) is 0 Å². The zero-order valence-corrected chi connectivity index (χ0v) is 49.0. The van der Waals surface area contributed by atoms with E-state index in [1.807, 2.05) is 39.4 Å². The van der Waals surface area contributed by atoms with Gasteiger partial charge >= 0.3 is 5.97 Å². The van der Waals surface area contributed by atoms with E-state index >= 15 is 0 Å². The molecule has 0 radical (unpaired) electrons. The Hall–Kier alpha value is -2.81. The van der Waals surface area contributed by atoms with Crippen molar-refractivity contribution in [3.05, 3.63) is 85.1 Å². The molecule has 0 spiro atoms. The van der Waals surface area contributed by atoms with Crippen LogP contribution in [0.3, 0.4) is 0 Å². The molecule has 0 aromatic rings. The van der Waals surface area contributed by atoms with Gasteiger partial charge in [-0.05, 0) is 89.5 Å². The van der Waals surface area contributed by atoms with Crippen LogP contribution in [0.15, 0.2) is 85.1 Å². The first-order chi connectivity index (χ1) is 35.4. The number of nitrogens with zero attached hydrogens (tertiary/aromatic N) is 1. The Morgan fingerprint density at radius 2 is 0.932 bits per heavy atom. The molecule has 0 aromatic carbocycles. The van der Waals surface area contributed by atoms with Gasteiger partial charge in [-0.25, -0.2) is 0 Å². The molecule has 0 saturated heterocycles. The van der Waals surface area contributed by atoms with Crippen molar-refractivity contribution in [1.29, 1.82) is 0 Å². The summed E-state index contributed by atoms with van der Waals surface area (Å²) in [6.45, 7) is 6.66. The molecule has 73 heavy (non-hydrogen) atoms. The number of quaternary nitrogens is 1. The molecule has 10 heteroatoms. The molecule has 0 heterocycles. The molecule has 0 fully saturated rings. The lowest BCUT2D eigenvalue weighted by molar-refractivity contribution is -0.870. The van der Waals surface area contributed by atoms with Crippen molar-refractivity contribution >= 4 is 19.7 Å². The number of hydrogen-bond donors (Lipinski definition) is 1. The minimum absolute atomic E-state index is 0.0313. The molecule has 9 nitrogen and oxygen atoms in total. The molecule has 3 unspecified atom stereocenters. The second-order valence-corrected chi connectivity index (χ2v) is 22.6. The highest BCUT2D eigenvalue weighted by atomic mass is 31.2. The summed E-state index contributed by atoms with van der Waals surface area (Å²) in [5.41, 5.74) is 0. The SMILES string of the molecule is CC/C=C/C=C/C=C\CCCCCCCC(=O)NC(COP(=O)([O-])OCC[N+](C)(C)C)C(/C=C\CCCCCCCCCCCCC)OC(=O)CCCCCCCCCC/C=C\C/C=C\C/C=C\CCCCC. The Kier molecular flexibility index (Phi) is 50.6. The van der Waals surface area contributed by atoms with Gasteiger partial charge in [0.05, 0.1) is 33.8 Å². The Morgan fingerprint density at radius 3 is 1.45 bits per heavy atom. The van der Waals surface area contributed by atoms with E-state index in [-0.39, 0.29) is 31.3 Å². The van der Waals surface area contributed by atoms with Gasteiger partial charge in [0.2, 0.25) is 5.91 Å². The number of esters is 1. The molecular formula is C63H113N2O7P. The predicted octanol–water partition coefficient (Wildman–Crippen LogP) is 17.6. The normalized spacial score (nSPS) is 14.3. The van der Waals surface area contributed by atoms with Crippen molar-refractivity contribution in [1.82, 2.24) is 5.32 Å². The topological polar surface area (TPSA) is 114 Å². The Balaban J connectivity index is 5.31. The number of phosphoric ester groups is 1. The van der Waals surface area contributed by atoms with Gasteiger partial charge in [0, 0.05) is 12.8 Å². The maximum Gasteiger partial charge on any atom is 0.306 e. The predicted molar refractivity (Wildman–Crippen MR) is 311 cm³/mol. The van der Waals surface area contributed by atoms with Crippen LogP contribution in [-0.2, 0) is 27.9 Å². The van der Waals surface area contributed by atoms with E-state index in [4.69, 9.17) is 13.8 Å². The largest absolute Gasteiger partial charge is 0.756 e. The molecule has 3 atom stereocenters. The fourth-order valence-corrected chi connectivity index (χ4v) is 8.96. The summed E-state index contributed by atoms with van der Waals surface area (Å²) in [7, 11) is 1.16. The number of unbranched alkanes of at least 4 members (excludes halogenated alkanes) is 27. The van der Waals surface area contributed by atoms with Gasteiger partial charge in [-0.2, -0.15) is 0 Å². The number of likely N-dealkylation sites (N-methyl/N-ethyl adjacent to an activating group) is 1. The number of ether oxygens (including phenoxy) is 1. The third-order valence-electron chi connectivity index (χ3n) is 12.9. The lowest BCUT2D eigenvalue weighted by Gasteiger charge is -2.30. The summed E-state index contributed by atoms with van der Waals surface area (Å²) in [5.74, 6) is -0.575. The van der Waals surface area contributed by atoms with E-state index in [1.54, 1.807) is 0 Å². The summed E-state index contributed by atoms with van der Waals surface area (Å²) in [5, 5.41) is 3.01. The van der Waals surface area contributed by atoms with E-state index in [0.717, 1.165) is 103 Å². The smallest absolute Gasteiger partial charge is 0.306 e. The molecule has 0 bridgehead atoms. The molecule has 0 aliphatic heterocycles. The van der Waals surface area contributed by atoms with Crippen LogP contribution < -0.4 is 10.2 Å². The third-order valence-corrected chi connectivity index (χ3v) is 13.8. The molecule has 1 amide bonds. The number of rotatable bonds is 53. The van der Waals surface area contributed by atoms with Crippen molar-refractivity contribution in [3.63, 3.8) is 0 Å². The first kappa shape index (κ1) is 70.2. The third kappa shape index (κ3) is 53.8. The van der Waals surface area contributed by atoms with Crippen molar-refractivity contribution < 1.29 is 37.3 Å². The quantitative estimate of drug-likeness (QED) is 0.0161. The molecule has 422 valence electrons. The van der Waals surface area contributed by atoms with Gasteiger partial charge in [0.25, 0.3) is 7.82 Å². The van der Waals surface area contributed by atoms with Gasteiger partial charge in [0.1, 0.15) is 19.3 Å². The van der Waals surface area contributed by atoms with Gasteiger partial charge in [-0.3, -0.25) is 14.2 Å². The summed E-state index contributed by atoms with van der Waals surface area (Å²) >= 11 is 0. The number of phosphoric acid groups is 1. The van der Waals surface area contributed by atoms with Crippen LogP contribution in [0.4, 0.5) is 0 Å². The Labute approximate surface area is 450 Å². The average molecular weight is 1040 g/mol. The van der Waals surface area contributed by atoms with Crippen molar-refractivity contribution in [2.45, 2.75) is 264 Å². The zero-order chi connectivity index (χ0) is 53.6. The fraction of sp³-hybridized carbons (Fsp3) is 0.746. The molecule has 1 N–H and O–H groups in total.